The van der Waals surface area contributed by atoms with Crippen LogP contribution in [0.2, 0.25) is 0 Å². The second-order valence-corrected chi connectivity index (χ2v) is 8.09. The average Bonchev–Trinajstić information content (AvgIpc) is 2.80. The van der Waals surface area contributed by atoms with E-state index in [1.165, 1.54) is 59.2 Å². The summed E-state index contributed by atoms with van der Waals surface area (Å²) in [7, 11) is 0. The normalized spacial score (nSPS) is 12.0. The highest BCUT2D eigenvalue weighted by atomic mass is 14.7. The fourth-order valence-electron chi connectivity index (χ4n) is 4.89. The Kier molecular flexibility index (Phi) is 3.06. The van der Waals surface area contributed by atoms with Crippen LogP contribution >= 0.6 is 0 Å². The fraction of sp³-hybridized carbons (Fsp3) is 0. The van der Waals surface area contributed by atoms with E-state index in [4.69, 9.17) is 4.98 Å². The lowest BCUT2D eigenvalue weighted by molar-refractivity contribution is 1.47. The van der Waals surface area contributed by atoms with Crippen LogP contribution in [0.3, 0.4) is 0 Å². The molecule has 6 aromatic carbocycles. The number of benzene rings is 6. The summed E-state index contributed by atoms with van der Waals surface area (Å²) in [5, 5.41) is 13.7. The Bertz CT molecular complexity index is 1660. The molecule has 1 nitrogen and oxygen atoms in total. The van der Waals surface area contributed by atoms with Crippen LogP contribution < -0.4 is 0 Å². The summed E-state index contributed by atoms with van der Waals surface area (Å²) >= 11 is 0. The van der Waals surface area contributed by atoms with Crippen LogP contribution in [0.1, 0.15) is 0 Å². The molecule has 30 heavy (non-hydrogen) atoms. The third kappa shape index (κ3) is 2.15. The molecule has 1 heterocycles. The quantitative estimate of drug-likeness (QED) is 0.192. The molecule has 0 N–H and O–H groups in total. The Balaban J connectivity index is 1.62. The molecule has 7 rings (SSSR count). The van der Waals surface area contributed by atoms with Crippen molar-refractivity contribution in [2.24, 2.45) is 0 Å². The molecule has 1 heteroatoms. The van der Waals surface area contributed by atoms with Crippen LogP contribution in [0.25, 0.3) is 64.8 Å². The molecule has 0 aliphatic heterocycles. The fourth-order valence-corrected chi connectivity index (χ4v) is 4.89. The number of hydrogen-bond donors (Lipinski definition) is 0. The Morgan fingerprint density at radius 2 is 0.900 bits per heavy atom. The summed E-state index contributed by atoms with van der Waals surface area (Å²) in [4.78, 5) is 4.97. The van der Waals surface area contributed by atoms with E-state index in [1.54, 1.807) is 0 Å². The molecule has 0 aliphatic carbocycles. The van der Waals surface area contributed by atoms with Gasteiger partial charge >= 0.3 is 0 Å². The van der Waals surface area contributed by atoms with Crippen LogP contribution in [0.5, 0.6) is 0 Å². The van der Waals surface area contributed by atoms with Crippen molar-refractivity contribution in [3.05, 3.63) is 103 Å². The van der Waals surface area contributed by atoms with Gasteiger partial charge in [0.25, 0.3) is 0 Å². The predicted octanol–water partition coefficient (Wildman–Crippen LogP) is 8.00. The standard InChI is InChI=1S/C29H17N/c1-3-7-20-15-26-22(13-18(20)5-1)9-11-24-25-12-10-23-14-19-6-2-4-8-21(19)16-27(23)29(25)30-17-28(24)26/h1-17H. The molecule has 0 atom stereocenters. The number of fused-ring (bicyclic) bond motifs is 9. The van der Waals surface area contributed by atoms with Gasteiger partial charge in [-0.15, -0.1) is 0 Å². The Hall–Kier alpha value is -3.97. The molecular formula is C29H17N. The molecule has 0 saturated heterocycles. The summed E-state index contributed by atoms with van der Waals surface area (Å²) in [5.74, 6) is 0. The van der Waals surface area contributed by atoms with Gasteiger partial charge in [0.1, 0.15) is 0 Å². The largest absolute Gasteiger partial charge is 0.255 e. The molecule has 0 aliphatic rings. The molecule has 0 radical (unpaired) electrons. The molecule has 0 fully saturated rings. The molecule has 0 spiro atoms. The van der Waals surface area contributed by atoms with Crippen molar-refractivity contribution < 1.29 is 0 Å². The SMILES string of the molecule is c1ccc2cc3c(ccc4c3cnc3c5cc6ccccc6cc5ccc43)cc2c1. The first-order valence-electron chi connectivity index (χ1n) is 10.3. The molecular weight excluding hydrogens is 362 g/mol. The molecule has 7 aromatic rings. The summed E-state index contributed by atoms with van der Waals surface area (Å²) < 4.78 is 0. The van der Waals surface area contributed by atoms with Crippen molar-refractivity contribution in [3.63, 3.8) is 0 Å². The molecule has 0 unspecified atom stereocenters. The van der Waals surface area contributed by atoms with Gasteiger partial charge in [-0.05, 0) is 67.4 Å². The lowest BCUT2D eigenvalue weighted by atomic mass is 9.95. The molecule has 138 valence electrons. The lowest BCUT2D eigenvalue weighted by Gasteiger charge is -2.11. The minimum atomic E-state index is 1.07. The maximum absolute atomic E-state index is 4.97. The number of hydrogen-bond acceptors (Lipinski definition) is 1. The van der Waals surface area contributed by atoms with Gasteiger partial charge in [0.05, 0.1) is 5.52 Å². The minimum absolute atomic E-state index is 1.07. The zero-order valence-electron chi connectivity index (χ0n) is 16.3. The lowest BCUT2D eigenvalue weighted by Crippen LogP contribution is -1.87. The smallest absolute Gasteiger partial charge is 0.0787 e. The van der Waals surface area contributed by atoms with Crippen molar-refractivity contribution in [3.8, 4) is 0 Å². The van der Waals surface area contributed by atoms with Gasteiger partial charge in [-0.25, -0.2) is 0 Å². The second kappa shape index (κ2) is 5.77. The third-order valence-corrected chi connectivity index (χ3v) is 6.40. The van der Waals surface area contributed by atoms with Gasteiger partial charge in [0.2, 0.25) is 0 Å². The second-order valence-electron chi connectivity index (χ2n) is 8.09. The maximum atomic E-state index is 4.97. The number of aromatic nitrogens is 1. The van der Waals surface area contributed by atoms with E-state index in [1.807, 2.05) is 0 Å². The highest BCUT2D eigenvalue weighted by Gasteiger charge is 2.10. The Morgan fingerprint density at radius 3 is 1.57 bits per heavy atom. The average molecular weight is 379 g/mol. The number of pyridine rings is 1. The third-order valence-electron chi connectivity index (χ3n) is 6.40. The number of nitrogens with zero attached hydrogens (tertiary/aromatic N) is 1. The van der Waals surface area contributed by atoms with E-state index in [0.717, 1.165) is 5.52 Å². The molecule has 1 aromatic heterocycles. The van der Waals surface area contributed by atoms with Crippen LogP contribution in [0.4, 0.5) is 0 Å². The van der Waals surface area contributed by atoms with Gasteiger partial charge in [0, 0.05) is 22.4 Å². The summed E-state index contributed by atoms with van der Waals surface area (Å²) in [5.41, 5.74) is 1.07. The van der Waals surface area contributed by atoms with Gasteiger partial charge < -0.3 is 0 Å². The van der Waals surface area contributed by atoms with Crippen LogP contribution in [-0.4, -0.2) is 4.98 Å². The van der Waals surface area contributed by atoms with Crippen molar-refractivity contribution in [1.29, 1.82) is 0 Å². The molecule has 0 amide bonds. The van der Waals surface area contributed by atoms with Crippen molar-refractivity contribution in [1.82, 2.24) is 4.98 Å². The minimum Gasteiger partial charge on any atom is -0.255 e. The van der Waals surface area contributed by atoms with Crippen LogP contribution in [0, 0.1) is 0 Å². The molecule has 0 bridgehead atoms. The van der Waals surface area contributed by atoms with Gasteiger partial charge in [-0.2, -0.15) is 0 Å². The summed E-state index contributed by atoms with van der Waals surface area (Å²) in [6.45, 7) is 0. The first kappa shape index (κ1) is 15.9. The summed E-state index contributed by atoms with van der Waals surface area (Å²) in [6, 6.07) is 35.2. The van der Waals surface area contributed by atoms with E-state index in [0.29, 0.717) is 0 Å². The summed E-state index contributed by atoms with van der Waals surface area (Å²) in [6.07, 6.45) is 2.06. The highest BCUT2D eigenvalue weighted by Crippen LogP contribution is 2.35. The van der Waals surface area contributed by atoms with Crippen molar-refractivity contribution >= 4 is 64.8 Å². The van der Waals surface area contributed by atoms with Gasteiger partial charge in [0.15, 0.2) is 0 Å². The van der Waals surface area contributed by atoms with E-state index in [2.05, 4.69) is 103 Å². The van der Waals surface area contributed by atoms with Crippen LogP contribution in [0.15, 0.2) is 103 Å². The van der Waals surface area contributed by atoms with E-state index >= 15 is 0 Å². The van der Waals surface area contributed by atoms with Gasteiger partial charge in [-0.3, -0.25) is 4.98 Å². The van der Waals surface area contributed by atoms with Crippen molar-refractivity contribution in [2.45, 2.75) is 0 Å². The first-order chi connectivity index (χ1) is 14.8. The van der Waals surface area contributed by atoms with E-state index in [9.17, 15) is 0 Å². The Labute approximate surface area is 173 Å². The van der Waals surface area contributed by atoms with E-state index < -0.39 is 0 Å². The topological polar surface area (TPSA) is 12.9 Å². The van der Waals surface area contributed by atoms with Crippen LogP contribution in [-0.2, 0) is 0 Å². The molecule has 0 saturated carbocycles. The highest BCUT2D eigenvalue weighted by molar-refractivity contribution is 6.22. The van der Waals surface area contributed by atoms with E-state index in [-0.39, 0.29) is 0 Å². The predicted molar refractivity (Wildman–Crippen MR) is 129 cm³/mol. The zero-order valence-corrected chi connectivity index (χ0v) is 16.3. The monoisotopic (exact) mass is 379 g/mol. The zero-order chi connectivity index (χ0) is 19.7. The van der Waals surface area contributed by atoms with Gasteiger partial charge in [-0.1, -0.05) is 72.8 Å². The first-order valence-corrected chi connectivity index (χ1v) is 10.3. The van der Waals surface area contributed by atoms with Crippen molar-refractivity contribution in [2.75, 3.05) is 0 Å². The Morgan fingerprint density at radius 1 is 0.367 bits per heavy atom. The maximum Gasteiger partial charge on any atom is 0.0787 e. The number of rotatable bonds is 0.